The summed E-state index contributed by atoms with van der Waals surface area (Å²) in [5.74, 6) is 0. The second kappa shape index (κ2) is 6.48. The summed E-state index contributed by atoms with van der Waals surface area (Å²) in [5.41, 5.74) is 3.28. The number of thiazole rings is 1. The second-order valence-corrected chi connectivity index (χ2v) is 9.03. The lowest BCUT2D eigenvalue weighted by molar-refractivity contribution is 0.140. The van der Waals surface area contributed by atoms with Crippen LogP contribution in [0.3, 0.4) is 0 Å². The van der Waals surface area contributed by atoms with E-state index in [0.29, 0.717) is 5.41 Å². The first kappa shape index (κ1) is 16.5. The van der Waals surface area contributed by atoms with Crippen LogP contribution in [0.1, 0.15) is 29.8 Å². The van der Waals surface area contributed by atoms with Crippen molar-refractivity contribution in [1.82, 2.24) is 19.8 Å². The minimum absolute atomic E-state index is 0.572. The maximum atomic E-state index is 4.45. The van der Waals surface area contributed by atoms with E-state index in [9.17, 15) is 0 Å². The van der Waals surface area contributed by atoms with Crippen LogP contribution in [-0.2, 0) is 13.1 Å². The van der Waals surface area contributed by atoms with Crippen LogP contribution >= 0.6 is 11.3 Å². The number of aromatic nitrogens is 2. The first-order valence-electron chi connectivity index (χ1n) is 9.59. The Kier molecular flexibility index (Phi) is 4.11. The normalized spacial score (nSPS) is 22.5. The van der Waals surface area contributed by atoms with E-state index in [1.807, 2.05) is 12.4 Å². The van der Waals surface area contributed by atoms with Crippen molar-refractivity contribution < 1.29 is 0 Å². The molecule has 1 aliphatic carbocycles. The third-order valence-corrected chi connectivity index (χ3v) is 7.24. The number of benzene rings is 1. The van der Waals surface area contributed by atoms with Crippen LogP contribution in [-0.4, -0.2) is 45.9 Å². The van der Waals surface area contributed by atoms with Gasteiger partial charge in [0.25, 0.3) is 0 Å². The van der Waals surface area contributed by atoms with Gasteiger partial charge in [-0.05, 0) is 62.5 Å². The quantitative estimate of drug-likeness (QED) is 0.738. The Labute approximate surface area is 158 Å². The topological polar surface area (TPSA) is 35.2 Å². The van der Waals surface area contributed by atoms with E-state index < -0.39 is 0 Å². The summed E-state index contributed by atoms with van der Waals surface area (Å²) < 4.78 is 0. The number of hydrogen-bond acceptors (Lipinski definition) is 4. The number of hydrogen-bond donors (Lipinski definition) is 1. The molecule has 1 atom stereocenters. The van der Waals surface area contributed by atoms with Crippen LogP contribution < -0.4 is 0 Å². The third-order valence-electron chi connectivity index (χ3n) is 6.48. The number of nitrogens with one attached hydrogen (secondary N) is 1. The number of rotatable bonds is 5. The van der Waals surface area contributed by atoms with E-state index in [4.69, 9.17) is 0 Å². The molecule has 1 aromatic carbocycles. The Morgan fingerprint density at radius 3 is 3.00 bits per heavy atom. The molecule has 2 aliphatic rings. The summed E-state index contributed by atoms with van der Waals surface area (Å²) in [4.78, 5) is 13.0. The number of piperidine rings is 1. The lowest BCUT2D eigenvalue weighted by atomic mass is 9.92. The van der Waals surface area contributed by atoms with Crippen molar-refractivity contribution >= 4 is 22.2 Å². The van der Waals surface area contributed by atoms with Gasteiger partial charge in [0.05, 0.1) is 6.54 Å². The van der Waals surface area contributed by atoms with E-state index in [1.54, 1.807) is 11.3 Å². The summed E-state index contributed by atoms with van der Waals surface area (Å²) in [5, 5.41) is 4.70. The third kappa shape index (κ3) is 2.98. The smallest absolute Gasteiger partial charge is 0.107 e. The van der Waals surface area contributed by atoms with Crippen LogP contribution in [0.4, 0.5) is 0 Å². The van der Waals surface area contributed by atoms with E-state index in [-0.39, 0.29) is 0 Å². The highest BCUT2D eigenvalue weighted by molar-refractivity contribution is 7.09. The van der Waals surface area contributed by atoms with Crippen molar-refractivity contribution in [3.05, 3.63) is 52.6 Å². The highest BCUT2D eigenvalue weighted by Gasteiger charge is 2.56. The van der Waals surface area contributed by atoms with Gasteiger partial charge in [-0.3, -0.25) is 9.80 Å². The monoisotopic (exact) mass is 366 g/mol. The Morgan fingerprint density at radius 2 is 2.19 bits per heavy atom. The molecule has 2 aromatic heterocycles. The molecule has 0 radical (unpaired) electrons. The van der Waals surface area contributed by atoms with Crippen LogP contribution in [0.5, 0.6) is 0 Å². The van der Waals surface area contributed by atoms with E-state index >= 15 is 0 Å². The zero-order valence-electron chi connectivity index (χ0n) is 15.3. The van der Waals surface area contributed by atoms with Gasteiger partial charge in [0.15, 0.2) is 0 Å². The summed E-state index contributed by atoms with van der Waals surface area (Å²) >= 11 is 1.77. The van der Waals surface area contributed by atoms with Gasteiger partial charge in [0.1, 0.15) is 5.01 Å². The number of H-pyrrole nitrogens is 1. The van der Waals surface area contributed by atoms with Crippen LogP contribution in [0.25, 0.3) is 10.9 Å². The minimum Gasteiger partial charge on any atom is -0.361 e. The Balaban J connectivity index is 1.19. The standard InChI is InChI=1S/C21H26N4S/c1-24(15-20-23-9-12-26-20)19-13-21(19)6-10-25(11-7-21)14-16-3-2-4-18-17(16)5-8-22-18/h2-5,8-9,12,19,22H,6-7,10-11,13-15H2,1H3. The molecule has 4 nitrogen and oxygen atoms in total. The van der Waals surface area contributed by atoms with Gasteiger partial charge in [-0.15, -0.1) is 11.3 Å². The molecular weight excluding hydrogens is 340 g/mol. The maximum absolute atomic E-state index is 4.45. The summed E-state index contributed by atoms with van der Waals surface area (Å²) in [6.07, 6.45) is 8.01. The van der Waals surface area contributed by atoms with Crippen molar-refractivity contribution in [2.45, 2.75) is 38.4 Å². The van der Waals surface area contributed by atoms with Crippen molar-refractivity contribution in [2.24, 2.45) is 5.41 Å². The fourth-order valence-electron chi connectivity index (χ4n) is 4.83. The zero-order valence-corrected chi connectivity index (χ0v) is 16.1. The molecule has 1 unspecified atom stereocenters. The Hall–Kier alpha value is -1.69. The number of fused-ring (bicyclic) bond motifs is 1. The molecule has 1 N–H and O–H groups in total. The molecule has 0 amide bonds. The Morgan fingerprint density at radius 1 is 1.31 bits per heavy atom. The molecular formula is C21H26N4S. The summed E-state index contributed by atoms with van der Waals surface area (Å²) in [6.45, 7) is 4.53. The Bertz CT molecular complexity index is 876. The number of nitrogens with zero attached hydrogens (tertiary/aromatic N) is 3. The molecule has 136 valence electrons. The van der Waals surface area contributed by atoms with Gasteiger partial charge in [-0.1, -0.05) is 12.1 Å². The first-order valence-corrected chi connectivity index (χ1v) is 10.5. The molecule has 5 heteroatoms. The van der Waals surface area contributed by atoms with Crippen molar-refractivity contribution in [1.29, 1.82) is 0 Å². The maximum Gasteiger partial charge on any atom is 0.107 e. The van der Waals surface area contributed by atoms with Gasteiger partial charge >= 0.3 is 0 Å². The number of likely N-dealkylation sites (tertiary alicyclic amines) is 1. The molecule has 3 aromatic rings. The molecule has 1 spiro atoms. The van der Waals surface area contributed by atoms with E-state index in [0.717, 1.165) is 19.1 Å². The second-order valence-electron chi connectivity index (χ2n) is 8.06. The minimum atomic E-state index is 0.572. The molecule has 5 rings (SSSR count). The first-order chi connectivity index (χ1) is 12.7. The molecule has 1 saturated heterocycles. The fraction of sp³-hybridized carbons (Fsp3) is 0.476. The van der Waals surface area contributed by atoms with Gasteiger partial charge < -0.3 is 4.98 Å². The average molecular weight is 367 g/mol. The predicted octanol–water partition coefficient (Wildman–Crippen LogP) is 4.11. The van der Waals surface area contributed by atoms with Crippen molar-refractivity contribution in [3.63, 3.8) is 0 Å². The molecule has 1 saturated carbocycles. The highest BCUT2D eigenvalue weighted by Crippen LogP contribution is 2.56. The van der Waals surface area contributed by atoms with Gasteiger partial charge in [-0.25, -0.2) is 4.98 Å². The van der Waals surface area contributed by atoms with Gasteiger partial charge in [0, 0.05) is 41.3 Å². The highest BCUT2D eigenvalue weighted by atomic mass is 32.1. The summed E-state index contributed by atoms with van der Waals surface area (Å²) in [6, 6.07) is 9.58. The van der Waals surface area contributed by atoms with Crippen molar-refractivity contribution in [2.75, 3.05) is 20.1 Å². The molecule has 0 bridgehead atoms. The van der Waals surface area contributed by atoms with Crippen LogP contribution in [0, 0.1) is 5.41 Å². The fourth-order valence-corrected chi connectivity index (χ4v) is 5.51. The average Bonchev–Trinajstić information content (AvgIpc) is 3.03. The lowest BCUT2D eigenvalue weighted by Crippen LogP contribution is -2.37. The molecule has 2 fully saturated rings. The largest absolute Gasteiger partial charge is 0.361 e. The molecule has 1 aliphatic heterocycles. The van der Waals surface area contributed by atoms with Gasteiger partial charge in [0.2, 0.25) is 0 Å². The predicted molar refractivity (Wildman–Crippen MR) is 107 cm³/mol. The van der Waals surface area contributed by atoms with Crippen LogP contribution in [0.2, 0.25) is 0 Å². The molecule has 3 heterocycles. The summed E-state index contributed by atoms with van der Waals surface area (Å²) in [7, 11) is 2.28. The van der Waals surface area contributed by atoms with Crippen LogP contribution in [0.15, 0.2) is 42.0 Å². The molecule has 26 heavy (non-hydrogen) atoms. The number of aromatic amines is 1. The SMILES string of the molecule is CN(Cc1nccs1)C1CC12CCN(Cc1cccc3[nH]ccc13)CC2. The van der Waals surface area contributed by atoms with E-state index in [1.165, 1.54) is 53.8 Å². The zero-order chi connectivity index (χ0) is 17.6. The van der Waals surface area contributed by atoms with Crippen molar-refractivity contribution in [3.8, 4) is 0 Å². The lowest BCUT2D eigenvalue weighted by Gasteiger charge is -2.34. The van der Waals surface area contributed by atoms with E-state index in [2.05, 4.69) is 56.5 Å². The van der Waals surface area contributed by atoms with Gasteiger partial charge in [-0.2, -0.15) is 0 Å².